The van der Waals surface area contributed by atoms with Crippen molar-refractivity contribution < 1.29 is 13.9 Å². The molecular formula is C23H21N3O3S. The highest BCUT2D eigenvalue weighted by molar-refractivity contribution is 7.80. The van der Waals surface area contributed by atoms with E-state index in [0.29, 0.717) is 11.5 Å². The third kappa shape index (κ3) is 3.76. The quantitative estimate of drug-likeness (QED) is 0.623. The summed E-state index contributed by atoms with van der Waals surface area (Å²) in [6, 6.07) is 20.1. The van der Waals surface area contributed by atoms with Crippen molar-refractivity contribution in [1.82, 2.24) is 10.3 Å². The van der Waals surface area contributed by atoms with E-state index in [0.717, 1.165) is 41.5 Å². The molecule has 3 heterocycles. The Morgan fingerprint density at radius 1 is 1.07 bits per heavy atom. The lowest BCUT2D eigenvalue weighted by Crippen LogP contribution is -2.37. The maximum Gasteiger partial charge on any atom is 0.231 e. The standard InChI is InChI=1S/C23H21N3O3S/c30-23(24-11-10-16-5-2-1-3-6-16)26-19(14-18(25-26)20-7-4-12-27-20)17-8-9-21-22(13-17)29-15-28-21/h1-9,12-13,19H,10-11,14-15H2,(H,24,30). The number of thiocarbonyl (C=S) groups is 1. The Kier molecular flexibility index (Phi) is 5.11. The van der Waals surface area contributed by atoms with Gasteiger partial charge in [0.25, 0.3) is 0 Å². The summed E-state index contributed by atoms with van der Waals surface area (Å²) in [5, 5.41) is 10.6. The Hall–Kier alpha value is -3.32. The van der Waals surface area contributed by atoms with E-state index in [1.807, 2.05) is 53.5 Å². The van der Waals surface area contributed by atoms with Gasteiger partial charge in [0.05, 0.1) is 12.3 Å². The van der Waals surface area contributed by atoms with Crippen LogP contribution in [-0.2, 0) is 6.42 Å². The minimum Gasteiger partial charge on any atom is -0.463 e. The molecule has 0 aliphatic carbocycles. The van der Waals surface area contributed by atoms with Gasteiger partial charge in [-0.05, 0) is 54.0 Å². The number of ether oxygens (including phenoxy) is 2. The van der Waals surface area contributed by atoms with E-state index in [9.17, 15) is 0 Å². The topological polar surface area (TPSA) is 59.2 Å². The molecular weight excluding hydrogens is 398 g/mol. The fourth-order valence-corrected chi connectivity index (χ4v) is 3.98. The van der Waals surface area contributed by atoms with Crippen LogP contribution in [0.5, 0.6) is 11.5 Å². The molecule has 5 rings (SSSR count). The van der Waals surface area contributed by atoms with Crippen LogP contribution in [0.1, 0.15) is 29.3 Å². The number of nitrogens with one attached hydrogen (secondary N) is 1. The molecule has 1 unspecified atom stereocenters. The van der Waals surface area contributed by atoms with Gasteiger partial charge in [-0.1, -0.05) is 36.4 Å². The number of furan rings is 1. The van der Waals surface area contributed by atoms with Gasteiger partial charge in [0.2, 0.25) is 6.79 Å². The van der Waals surface area contributed by atoms with Gasteiger partial charge in [0, 0.05) is 13.0 Å². The largest absolute Gasteiger partial charge is 0.463 e. The lowest BCUT2D eigenvalue weighted by atomic mass is 10.0. The van der Waals surface area contributed by atoms with Gasteiger partial charge < -0.3 is 19.2 Å². The van der Waals surface area contributed by atoms with Gasteiger partial charge in [-0.3, -0.25) is 0 Å². The van der Waals surface area contributed by atoms with Gasteiger partial charge in [-0.25, -0.2) is 5.01 Å². The molecule has 0 saturated carbocycles. The molecule has 6 nitrogen and oxygen atoms in total. The second kappa shape index (κ2) is 8.20. The Bertz CT molecular complexity index is 1070. The lowest BCUT2D eigenvalue weighted by Gasteiger charge is -2.25. The summed E-state index contributed by atoms with van der Waals surface area (Å²) in [7, 11) is 0. The van der Waals surface area contributed by atoms with E-state index in [2.05, 4.69) is 17.4 Å². The average Bonchev–Trinajstić information content (AvgIpc) is 3.54. The molecule has 2 aliphatic rings. The Balaban J connectivity index is 1.35. The van der Waals surface area contributed by atoms with Crippen molar-refractivity contribution in [3.05, 3.63) is 83.8 Å². The first-order chi connectivity index (χ1) is 14.8. The predicted molar refractivity (Wildman–Crippen MR) is 118 cm³/mol. The molecule has 0 saturated heterocycles. The average molecular weight is 420 g/mol. The SMILES string of the molecule is S=C(NCCc1ccccc1)N1N=C(c2ccco2)CC1c1ccc2c(c1)OCO2. The highest BCUT2D eigenvalue weighted by Gasteiger charge is 2.33. The van der Waals surface area contributed by atoms with Gasteiger partial charge in [-0.15, -0.1) is 0 Å². The third-order valence-electron chi connectivity index (χ3n) is 5.24. The van der Waals surface area contributed by atoms with Crippen LogP contribution in [0, 0.1) is 0 Å². The zero-order chi connectivity index (χ0) is 20.3. The highest BCUT2D eigenvalue weighted by atomic mass is 32.1. The van der Waals surface area contributed by atoms with Crippen LogP contribution in [0.4, 0.5) is 0 Å². The van der Waals surface area contributed by atoms with Crippen molar-refractivity contribution in [2.75, 3.05) is 13.3 Å². The van der Waals surface area contributed by atoms with E-state index in [4.69, 9.17) is 31.2 Å². The van der Waals surface area contributed by atoms with Crippen LogP contribution in [0.2, 0.25) is 0 Å². The van der Waals surface area contributed by atoms with Crippen molar-refractivity contribution in [3.8, 4) is 11.5 Å². The zero-order valence-electron chi connectivity index (χ0n) is 16.3. The maximum atomic E-state index is 5.71. The minimum atomic E-state index is -0.0451. The molecule has 0 fully saturated rings. The Morgan fingerprint density at radius 2 is 1.93 bits per heavy atom. The molecule has 1 aromatic heterocycles. The molecule has 152 valence electrons. The monoisotopic (exact) mass is 419 g/mol. The molecule has 0 amide bonds. The summed E-state index contributed by atoms with van der Waals surface area (Å²) >= 11 is 5.71. The first-order valence-corrected chi connectivity index (χ1v) is 10.3. The first-order valence-electron chi connectivity index (χ1n) is 9.90. The summed E-state index contributed by atoms with van der Waals surface area (Å²) in [6.45, 7) is 0.986. The smallest absolute Gasteiger partial charge is 0.231 e. The molecule has 0 bridgehead atoms. The lowest BCUT2D eigenvalue weighted by molar-refractivity contribution is 0.174. The fraction of sp³-hybridized carbons (Fsp3) is 0.217. The fourth-order valence-electron chi connectivity index (χ4n) is 3.71. The van der Waals surface area contributed by atoms with Crippen molar-refractivity contribution in [3.63, 3.8) is 0 Å². The van der Waals surface area contributed by atoms with Crippen molar-refractivity contribution in [2.45, 2.75) is 18.9 Å². The summed E-state index contributed by atoms with van der Waals surface area (Å²) in [5.74, 6) is 2.27. The molecule has 2 aromatic carbocycles. The summed E-state index contributed by atoms with van der Waals surface area (Å²) in [6.07, 6.45) is 3.23. The Morgan fingerprint density at radius 3 is 2.77 bits per heavy atom. The third-order valence-corrected chi connectivity index (χ3v) is 5.57. The van der Waals surface area contributed by atoms with Gasteiger partial charge in [-0.2, -0.15) is 5.10 Å². The van der Waals surface area contributed by atoms with E-state index in [1.54, 1.807) is 6.26 Å². The molecule has 30 heavy (non-hydrogen) atoms. The first kappa shape index (κ1) is 18.7. The van der Waals surface area contributed by atoms with E-state index in [-0.39, 0.29) is 12.8 Å². The van der Waals surface area contributed by atoms with Crippen LogP contribution in [-0.4, -0.2) is 29.2 Å². The number of fused-ring (bicyclic) bond motifs is 1. The van der Waals surface area contributed by atoms with Crippen LogP contribution in [0.15, 0.2) is 76.4 Å². The predicted octanol–water partition coefficient (Wildman–Crippen LogP) is 4.28. The van der Waals surface area contributed by atoms with Crippen LogP contribution in [0.25, 0.3) is 0 Å². The van der Waals surface area contributed by atoms with Gasteiger partial charge >= 0.3 is 0 Å². The van der Waals surface area contributed by atoms with Crippen LogP contribution < -0.4 is 14.8 Å². The summed E-state index contributed by atoms with van der Waals surface area (Å²) < 4.78 is 16.6. The minimum absolute atomic E-state index is 0.0451. The van der Waals surface area contributed by atoms with E-state index < -0.39 is 0 Å². The van der Waals surface area contributed by atoms with Crippen LogP contribution >= 0.6 is 12.2 Å². The normalized spacial score (nSPS) is 17.1. The van der Waals surface area contributed by atoms with Gasteiger partial charge in [0.1, 0.15) is 11.5 Å². The second-order valence-electron chi connectivity index (χ2n) is 7.17. The van der Waals surface area contributed by atoms with Crippen LogP contribution in [0.3, 0.4) is 0 Å². The number of rotatable bonds is 5. The molecule has 1 N–H and O–H groups in total. The molecule has 0 radical (unpaired) electrons. The highest BCUT2D eigenvalue weighted by Crippen LogP contribution is 2.39. The van der Waals surface area contributed by atoms with Crippen molar-refractivity contribution in [2.24, 2.45) is 5.10 Å². The van der Waals surface area contributed by atoms with E-state index in [1.165, 1.54) is 5.56 Å². The number of hydrogen-bond donors (Lipinski definition) is 1. The molecule has 1 atom stereocenters. The Labute approximate surface area is 180 Å². The molecule has 7 heteroatoms. The van der Waals surface area contributed by atoms with Crippen molar-refractivity contribution in [1.29, 1.82) is 0 Å². The number of hydrogen-bond acceptors (Lipinski definition) is 5. The second-order valence-corrected chi connectivity index (χ2v) is 7.56. The van der Waals surface area contributed by atoms with E-state index >= 15 is 0 Å². The van der Waals surface area contributed by atoms with Crippen molar-refractivity contribution >= 4 is 23.0 Å². The number of hydrazone groups is 1. The maximum absolute atomic E-state index is 5.71. The number of nitrogens with zero attached hydrogens (tertiary/aromatic N) is 2. The zero-order valence-corrected chi connectivity index (χ0v) is 17.1. The number of benzene rings is 2. The summed E-state index contributed by atoms with van der Waals surface area (Å²) in [4.78, 5) is 0. The molecule has 2 aliphatic heterocycles. The summed E-state index contributed by atoms with van der Waals surface area (Å²) in [5.41, 5.74) is 3.20. The molecule has 3 aromatic rings. The van der Waals surface area contributed by atoms with Gasteiger partial charge in [0.15, 0.2) is 16.6 Å². The molecule has 0 spiro atoms.